The monoisotopic (exact) mass is 219 g/mol. The van der Waals surface area contributed by atoms with Crippen molar-refractivity contribution in [1.29, 1.82) is 5.26 Å². The van der Waals surface area contributed by atoms with Gasteiger partial charge >= 0.3 is 0 Å². The van der Waals surface area contributed by atoms with Crippen molar-refractivity contribution in [2.75, 3.05) is 0 Å². The van der Waals surface area contributed by atoms with Crippen molar-refractivity contribution in [2.24, 2.45) is 0 Å². The summed E-state index contributed by atoms with van der Waals surface area (Å²) in [5.41, 5.74) is 0.900. The summed E-state index contributed by atoms with van der Waals surface area (Å²) in [5, 5.41) is 8.67. The zero-order valence-electron chi connectivity index (χ0n) is 7.02. The third-order valence-electron chi connectivity index (χ3n) is 1.66. The molecule has 0 saturated heterocycles. The highest BCUT2D eigenvalue weighted by molar-refractivity contribution is 7.71. The van der Waals surface area contributed by atoms with Gasteiger partial charge in [-0.25, -0.2) is 4.98 Å². The molecule has 14 heavy (non-hydrogen) atoms. The maximum absolute atomic E-state index is 8.67. The molecule has 1 N–H and O–H groups in total. The smallest absolute Gasteiger partial charge is 0.130 e. The fourth-order valence-corrected chi connectivity index (χ4v) is 2.01. The Morgan fingerprint density at radius 1 is 1.50 bits per heavy atom. The molecule has 2 aromatic rings. The molecule has 0 bridgehead atoms. The van der Waals surface area contributed by atoms with E-state index in [1.54, 1.807) is 18.5 Å². The molecule has 2 rings (SSSR count). The second-order valence-electron chi connectivity index (χ2n) is 2.57. The molecule has 0 unspecified atom stereocenters. The summed E-state index contributed by atoms with van der Waals surface area (Å²) in [6, 6.07) is 7.56. The molecule has 2 aromatic heterocycles. The standard InChI is InChI=1S/C9H5N3S2/c10-4-6-1-2-8(14-6)7-3-9(13)12-5-11-7/h1-3,5H,(H,11,12,13). The van der Waals surface area contributed by atoms with E-state index < -0.39 is 0 Å². The number of thiophene rings is 1. The highest BCUT2D eigenvalue weighted by Gasteiger charge is 2.01. The minimum atomic E-state index is 0.547. The Kier molecular flexibility index (Phi) is 2.39. The first-order valence-electron chi connectivity index (χ1n) is 3.84. The van der Waals surface area contributed by atoms with E-state index in [1.807, 2.05) is 6.07 Å². The van der Waals surface area contributed by atoms with Crippen LogP contribution in [0.3, 0.4) is 0 Å². The molecule has 2 heterocycles. The Hall–Kier alpha value is -1.51. The molecule has 0 atom stereocenters. The second-order valence-corrected chi connectivity index (χ2v) is 4.08. The number of hydrogen-bond donors (Lipinski definition) is 1. The van der Waals surface area contributed by atoms with Gasteiger partial charge in [0, 0.05) is 0 Å². The number of rotatable bonds is 1. The lowest BCUT2D eigenvalue weighted by atomic mass is 10.3. The quantitative estimate of drug-likeness (QED) is 0.750. The molecule has 5 heteroatoms. The predicted molar refractivity (Wildman–Crippen MR) is 57.4 cm³/mol. The molecule has 3 nitrogen and oxygen atoms in total. The van der Waals surface area contributed by atoms with Gasteiger partial charge in [-0.2, -0.15) is 5.26 Å². The normalized spacial score (nSPS) is 9.64. The highest BCUT2D eigenvalue weighted by Crippen LogP contribution is 2.25. The fraction of sp³-hybridized carbons (Fsp3) is 0. The van der Waals surface area contributed by atoms with Gasteiger partial charge in [0.05, 0.1) is 16.9 Å². The number of nitriles is 1. The highest BCUT2D eigenvalue weighted by atomic mass is 32.1. The average molecular weight is 219 g/mol. The average Bonchev–Trinajstić information content (AvgIpc) is 2.66. The van der Waals surface area contributed by atoms with Crippen LogP contribution >= 0.6 is 23.6 Å². The van der Waals surface area contributed by atoms with Crippen LogP contribution in [0.25, 0.3) is 10.6 Å². The second kappa shape index (κ2) is 3.70. The molecule has 0 amide bonds. The van der Waals surface area contributed by atoms with Gasteiger partial charge in [0.1, 0.15) is 15.6 Å². The molecular weight excluding hydrogens is 214 g/mol. The minimum absolute atomic E-state index is 0.547. The lowest BCUT2D eigenvalue weighted by Crippen LogP contribution is -1.81. The maximum atomic E-state index is 8.67. The van der Waals surface area contributed by atoms with E-state index in [2.05, 4.69) is 16.0 Å². The number of nitrogens with zero attached hydrogens (tertiary/aromatic N) is 2. The third-order valence-corrected chi connectivity index (χ3v) is 2.91. The zero-order chi connectivity index (χ0) is 9.97. The molecule has 0 aromatic carbocycles. The first-order valence-corrected chi connectivity index (χ1v) is 5.07. The molecule has 68 valence electrons. The molecular formula is C9H5N3S2. The van der Waals surface area contributed by atoms with Crippen molar-refractivity contribution < 1.29 is 0 Å². The van der Waals surface area contributed by atoms with Gasteiger partial charge < -0.3 is 4.98 Å². The van der Waals surface area contributed by atoms with Crippen LogP contribution in [0.15, 0.2) is 24.5 Å². The van der Waals surface area contributed by atoms with Crippen LogP contribution in [0.1, 0.15) is 4.88 Å². The Morgan fingerprint density at radius 2 is 2.36 bits per heavy atom. The SMILES string of the molecule is N#Cc1ccc(-c2cc(=S)nc[nH]2)s1. The Bertz CT molecular complexity index is 547. The molecule has 0 spiro atoms. The van der Waals surface area contributed by atoms with E-state index in [0.29, 0.717) is 9.52 Å². The molecule has 0 aliphatic heterocycles. The molecule has 0 saturated carbocycles. The molecule has 0 radical (unpaired) electrons. The number of hydrogen-bond acceptors (Lipinski definition) is 4. The van der Waals surface area contributed by atoms with Crippen molar-refractivity contribution >= 4 is 23.6 Å². The molecule has 0 aliphatic rings. The van der Waals surface area contributed by atoms with Gasteiger partial charge in [0.15, 0.2) is 0 Å². The van der Waals surface area contributed by atoms with Crippen LogP contribution in [0.2, 0.25) is 0 Å². The van der Waals surface area contributed by atoms with E-state index in [9.17, 15) is 0 Å². The Labute approximate surface area is 89.7 Å². The van der Waals surface area contributed by atoms with E-state index >= 15 is 0 Å². The fourth-order valence-electron chi connectivity index (χ4n) is 1.05. The molecule has 0 aliphatic carbocycles. The molecule has 0 fully saturated rings. The van der Waals surface area contributed by atoms with Gasteiger partial charge in [-0.1, -0.05) is 12.2 Å². The van der Waals surface area contributed by atoms with E-state index in [0.717, 1.165) is 10.6 Å². The lowest BCUT2D eigenvalue weighted by molar-refractivity contribution is 1.16. The lowest BCUT2D eigenvalue weighted by Gasteiger charge is -1.94. The minimum Gasteiger partial charge on any atom is -0.345 e. The summed E-state index contributed by atoms with van der Waals surface area (Å²) in [6.45, 7) is 0. The topological polar surface area (TPSA) is 52.5 Å². The summed E-state index contributed by atoms with van der Waals surface area (Å²) in [4.78, 5) is 8.56. The number of aromatic nitrogens is 2. The van der Waals surface area contributed by atoms with Gasteiger partial charge in [-0.3, -0.25) is 0 Å². The van der Waals surface area contributed by atoms with E-state index in [-0.39, 0.29) is 0 Å². The predicted octanol–water partition coefficient (Wildman–Crippen LogP) is 2.74. The summed E-state index contributed by atoms with van der Waals surface area (Å²) >= 11 is 6.37. The van der Waals surface area contributed by atoms with Crippen molar-refractivity contribution in [2.45, 2.75) is 0 Å². The summed E-state index contributed by atoms with van der Waals surface area (Å²) < 4.78 is 0.547. The van der Waals surface area contributed by atoms with Gasteiger partial charge in [-0.15, -0.1) is 11.3 Å². The van der Waals surface area contributed by atoms with Crippen LogP contribution < -0.4 is 0 Å². The maximum Gasteiger partial charge on any atom is 0.130 e. The van der Waals surface area contributed by atoms with Crippen LogP contribution in [0.5, 0.6) is 0 Å². The number of H-pyrrole nitrogens is 1. The van der Waals surface area contributed by atoms with Crippen molar-refractivity contribution in [1.82, 2.24) is 9.97 Å². The summed E-state index contributed by atoms with van der Waals surface area (Å²) in [6.07, 6.45) is 1.56. The van der Waals surface area contributed by atoms with Crippen LogP contribution in [-0.2, 0) is 0 Å². The van der Waals surface area contributed by atoms with Gasteiger partial charge in [0.2, 0.25) is 0 Å². The summed E-state index contributed by atoms with van der Waals surface area (Å²) in [5.74, 6) is 0. The largest absolute Gasteiger partial charge is 0.345 e. The first-order chi connectivity index (χ1) is 6.79. The van der Waals surface area contributed by atoms with Crippen molar-refractivity contribution in [3.05, 3.63) is 34.0 Å². The Balaban J connectivity index is 2.50. The van der Waals surface area contributed by atoms with Crippen LogP contribution in [-0.4, -0.2) is 9.97 Å². The van der Waals surface area contributed by atoms with Crippen molar-refractivity contribution in [3.63, 3.8) is 0 Å². The van der Waals surface area contributed by atoms with E-state index in [1.165, 1.54) is 11.3 Å². The van der Waals surface area contributed by atoms with E-state index in [4.69, 9.17) is 17.5 Å². The number of nitrogens with one attached hydrogen (secondary N) is 1. The summed E-state index contributed by atoms with van der Waals surface area (Å²) in [7, 11) is 0. The first kappa shape index (κ1) is 9.06. The Morgan fingerprint density at radius 3 is 3.00 bits per heavy atom. The van der Waals surface area contributed by atoms with Crippen LogP contribution in [0.4, 0.5) is 0 Å². The third kappa shape index (κ3) is 1.71. The van der Waals surface area contributed by atoms with Gasteiger partial charge in [-0.05, 0) is 18.2 Å². The zero-order valence-corrected chi connectivity index (χ0v) is 8.65. The van der Waals surface area contributed by atoms with Gasteiger partial charge in [0.25, 0.3) is 0 Å². The van der Waals surface area contributed by atoms with Crippen molar-refractivity contribution in [3.8, 4) is 16.6 Å². The van der Waals surface area contributed by atoms with Crippen LogP contribution in [0, 0.1) is 16.0 Å². The number of aromatic amines is 1.